The molecular weight excluding hydrogens is 448 g/mol. The van der Waals surface area contributed by atoms with Crippen molar-refractivity contribution in [1.29, 1.82) is 0 Å². The van der Waals surface area contributed by atoms with Crippen molar-refractivity contribution in [2.24, 2.45) is 0 Å². The highest BCUT2D eigenvalue weighted by molar-refractivity contribution is 6.30. The molecular formula is C23H25ClN4O5. The largest absolute Gasteiger partial charge is 0.369 e. The number of hydrogen-bond acceptors (Lipinski definition) is 7. The summed E-state index contributed by atoms with van der Waals surface area (Å²) in [6.45, 7) is 4.60. The molecule has 174 valence electrons. The van der Waals surface area contributed by atoms with E-state index in [1.54, 1.807) is 11.0 Å². The lowest BCUT2D eigenvalue weighted by Crippen LogP contribution is -2.58. The average molecular weight is 473 g/mol. The molecule has 0 aliphatic carbocycles. The van der Waals surface area contributed by atoms with Crippen LogP contribution in [0.2, 0.25) is 5.02 Å². The molecule has 0 bridgehead atoms. The molecule has 0 aromatic heterocycles. The van der Waals surface area contributed by atoms with Crippen molar-refractivity contribution in [3.05, 3.63) is 69.2 Å². The Morgan fingerprint density at radius 2 is 1.76 bits per heavy atom. The molecule has 2 saturated heterocycles. The van der Waals surface area contributed by atoms with Gasteiger partial charge in [-0.15, -0.1) is 0 Å². The Kier molecular flexibility index (Phi) is 5.52. The number of anilines is 2. The lowest BCUT2D eigenvalue weighted by molar-refractivity contribution is -0.590. The van der Waals surface area contributed by atoms with Crippen LogP contribution in [-0.2, 0) is 20.1 Å². The number of ether oxygens (including phenoxy) is 2. The van der Waals surface area contributed by atoms with Crippen molar-refractivity contribution in [3.63, 3.8) is 0 Å². The van der Waals surface area contributed by atoms with Gasteiger partial charge in [0.25, 0.3) is 17.2 Å². The number of piperazine rings is 1. The Hall–Kier alpha value is -2.72. The first-order valence-corrected chi connectivity index (χ1v) is 11.3. The molecule has 3 aliphatic rings. The Labute approximate surface area is 196 Å². The highest BCUT2D eigenvalue weighted by Crippen LogP contribution is 2.46. The Bertz CT molecular complexity index is 1080. The van der Waals surface area contributed by atoms with Crippen LogP contribution in [0.15, 0.2) is 48.5 Å². The van der Waals surface area contributed by atoms with Crippen LogP contribution in [0.3, 0.4) is 0 Å². The summed E-state index contributed by atoms with van der Waals surface area (Å²) in [5.41, 5.74) is 1.01. The number of rotatable bonds is 4. The number of nitrogens with zero attached hydrogens (tertiary/aromatic N) is 4. The fourth-order valence-electron chi connectivity index (χ4n) is 4.53. The van der Waals surface area contributed by atoms with E-state index in [-0.39, 0.29) is 19.1 Å². The molecule has 3 heterocycles. The van der Waals surface area contributed by atoms with Crippen LogP contribution in [0.25, 0.3) is 0 Å². The van der Waals surface area contributed by atoms with Gasteiger partial charge in [-0.05, 0) is 24.3 Å². The third-order valence-corrected chi connectivity index (χ3v) is 6.81. The summed E-state index contributed by atoms with van der Waals surface area (Å²) >= 11 is 6.13. The highest BCUT2D eigenvalue weighted by Gasteiger charge is 2.60. The molecule has 2 aromatic rings. The van der Waals surface area contributed by atoms with Gasteiger partial charge in [0.2, 0.25) is 0 Å². The maximum atomic E-state index is 13.6. The van der Waals surface area contributed by atoms with Crippen molar-refractivity contribution in [1.82, 2.24) is 4.90 Å². The van der Waals surface area contributed by atoms with Crippen LogP contribution in [-0.4, -0.2) is 67.3 Å². The number of fused-ring (bicyclic) bond motifs is 2. The second-order valence-electron chi connectivity index (χ2n) is 8.92. The number of carbonyl (C=O) groups excluding carboxylic acids is 1. The van der Waals surface area contributed by atoms with Crippen molar-refractivity contribution in [3.8, 4) is 0 Å². The van der Waals surface area contributed by atoms with Gasteiger partial charge in [0.15, 0.2) is 0 Å². The van der Waals surface area contributed by atoms with Crippen LogP contribution in [0.1, 0.15) is 12.5 Å². The molecule has 0 N–H and O–H groups in total. The van der Waals surface area contributed by atoms with E-state index < -0.39 is 16.2 Å². The lowest BCUT2D eigenvalue weighted by atomic mass is 10.0. The first kappa shape index (κ1) is 22.1. The maximum absolute atomic E-state index is 13.6. The number of halogens is 1. The van der Waals surface area contributed by atoms with E-state index in [1.165, 1.54) is 6.92 Å². The molecule has 0 radical (unpaired) electrons. The Balaban J connectivity index is 1.31. The van der Waals surface area contributed by atoms with Gasteiger partial charge in [0.1, 0.15) is 13.2 Å². The van der Waals surface area contributed by atoms with Crippen LogP contribution in [0, 0.1) is 10.1 Å². The minimum atomic E-state index is -1.63. The zero-order valence-corrected chi connectivity index (χ0v) is 19.0. The third kappa shape index (κ3) is 3.74. The van der Waals surface area contributed by atoms with Gasteiger partial charge in [0.05, 0.1) is 12.4 Å². The summed E-state index contributed by atoms with van der Waals surface area (Å²) in [4.78, 5) is 30.7. The number of nitro groups is 1. The molecule has 2 aromatic carbocycles. The number of benzene rings is 2. The SMILES string of the molecule is CC1([N+](=O)[O-])COC2(OC1)C(=O)N(CN1CCN(c3cccc(Cl)c3)CC1)c1ccccc12. The molecule has 9 nitrogen and oxygen atoms in total. The van der Waals surface area contributed by atoms with Crippen molar-refractivity contribution >= 4 is 28.9 Å². The second-order valence-corrected chi connectivity index (χ2v) is 9.36. The predicted octanol–water partition coefficient (Wildman–Crippen LogP) is 2.70. The molecule has 3 aliphatic heterocycles. The van der Waals surface area contributed by atoms with Crippen LogP contribution in [0.5, 0.6) is 0 Å². The van der Waals surface area contributed by atoms with Crippen molar-refractivity contribution < 1.29 is 19.2 Å². The Morgan fingerprint density at radius 1 is 1.06 bits per heavy atom. The fourth-order valence-corrected chi connectivity index (χ4v) is 4.72. The first-order chi connectivity index (χ1) is 15.8. The molecule has 0 atom stereocenters. The minimum Gasteiger partial charge on any atom is -0.369 e. The van der Waals surface area contributed by atoms with Crippen LogP contribution < -0.4 is 9.80 Å². The van der Waals surface area contributed by atoms with Gasteiger partial charge >= 0.3 is 0 Å². The molecule has 1 spiro atoms. The van der Waals surface area contributed by atoms with Gasteiger partial charge in [-0.1, -0.05) is 35.9 Å². The van der Waals surface area contributed by atoms with Crippen molar-refractivity contribution in [2.45, 2.75) is 18.2 Å². The summed E-state index contributed by atoms with van der Waals surface area (Å²) in [7, 11) is 0. The summed E-state index contributed by atoms with van der Waals surface area (Å²) in [5, 5.41) is 12.1. The van der Waals surface area contributed by atoms with E-state index in [0.717, 1.165) is 31.9 Å². The number of para-hydroxylation sites is 1. The average Bonchev–Trinajstić information content (AvgIpc) is 3.04. The quantitative estimate of drug-likeness (QED) is 0.499. The molecule has 5 rings (SSSR count). The molecule has 0 unspecified atom stereocenters. The smallest absolute Gasteiger partial charge is 0.293 e. The summed E-state index contributed by atoms with van der Waals surface area (Å²) in [5.74, 6) is -1.97. The monoisotopic (exact) mass is 472 g/mol. The number of carbonyl (C=O) groups is 1. The molecule has 33 heavy (non-hydrogen) atoms. The van der Waals surface area contributed by atoms with Crippen LogP contribution >= 0.6 is 11.6 Å². The van der Waals surface area contributed by atoms with Gasteiger partial charge in [-0.25, -0.2) is 0 Å². The molecule has 2 fully saturated rings. The first-order valence-electron chi connectivity index (χ1n) is 10.9. The van der Waals surface area contributed by atoms with E-state index >= 15 is 0 Å². The van der Waals surface area contributed by atoms with Gasteiger partial charge in [0, 0.05) is 54.3 Å². The highest BCUT2D eigenvalue weighted by atomic mass is 35.5. The topological polar surface area (TPSA) is 88.4 Å². The standard InChI is InChI=1S/C23H25ClN4O5/c1-22(28(30)31)14-32-23(33-15-22)19-7-2-3-8-20(19)27(21(23)29)16-25-9-11-26(12-10-25)18-6-4-5-17(24)13-18/h2-8,13H,9-12,14-16H2,1H3. The zero-order chi connectivity index (χ0) is 23.2. The maximum Gasteiger partial charge on any atom is 0.293 e. The summed E-state index contributed by atoms with van der Waals surface area (Å²) in [6, 6.07) is 15.1. The zero-order valence-electron chi connectivity index (χ0n) is 18.3. The summed E-state index contributed by atoms with van der Waals surface area (Å²) < 4.78 is 11.7. The number of hydrogen-bond donors (Lipinski definition) is 0. The molecule has 1 amide bonds. The van der Waals surface area contributed by atoms with E-state index in [0.29, 0.717) is 22.9 Å². The molecule has 0 saturated carbocycles. The van der Waals surface area contributed by atoms with Crippen LogP contribution in [0.4, 0.5) is 11.4 Å². The molecule has 10 heteroatoms. The summed E-state index contributed by atoms with van der Waals surface area (Å²) in [6.07, 6.45) is 0. The normalized spacial score (nSPS) is 27.8. The fraction of sp³-hybridized carbons (Fsp3) is 0.435. The second kappa shape index (κ2) is 8.25. The van der Waals surface area contributed by atoms with Gasteiger partial charge in [-0.3, -0.25) is 24.7 Å². The van der Waals surface area contributed by atoms with E-state index in [4.69, 9.17) is 21.1 Å². The van der Waals surface area contributed by atoms with E-state index in [2.05, 4.69) is 9.80 Å². The Morgan fingerprint density at radius 3 is 2.42 bits per heavy atom. The minimum absolute atomic E-state index is 0.202. The number of amides is 1. The van der Waals surface area contributed by atoms with Gasteiger partial charge in [-0.2, -0.15) is 0 Å². The lowest BCUT2D eigenvalue weighted by Gasteiger charge is -2.39. The van der Waals surface area contributed by atoms with Crippen molar-refractivity contribution in [2.75, 3.05) is 55.9 Å². The van der Waals surface area contributed by atoms with E-state index in [1.807, 2.05) is 42.5 Å². The predicted molar refractivity (Wildman–Crippen MR) is 123 cm³/mol. The van der Waals surface area contributed by atoms with Gasteiger partial charge < -0.3 is 14.4 Å². The third-order valence-electron chi connectivity index (χ3n) is 6.58. The van der Waals surface area contributed by atoms with E-state index in [9.17, 15) is 14.9 Å².